The quantitative estimate of drug-likeness (QED) is 0.730. The van der Waals surface area contributed by atoms with Gasteiger partial charge in [-0.2, -0.15) is 0 Å². The Labute approximate surface area is 115 Å². The van der Waals surface area contributed by atoms with Crippen molar-refractivity contribution >= 4 is 11.6 Å². The van der Waals surface area contributed by atoms with Gasteiger partial charge in [0.15, 0.2) is 0 Å². The molecule has 106 valence electrons. The lowest BCUT2D eigenvalue weighted by molar-refractivity contribution is -0.125. The van der Waals surface area contributed by atoms with E-state index in [2.05, 4.69) is 10.6 Å². The van der Waals surface area contributed by atoms with E-state index in [0.717, 1.165) is 37.2 Å². The Hall–Kier alpha value is -1.55. The van der Waals surface area contributed by atoms with E-state index in [1.165, 1.54) is 0 Å². The predicted molar refractivity (Wildman–Crippen MR) is 79.6 cm³/mol. The molecule has 0 radical (unpaired) electrons. The minimum atomic E-state index is 0.170. The third-order valence-corrected chi connectivity index (χ3v) is 3.16. The maximum atomic E-state index is 11.9. The molecule has 4 nitrogen and oxygen atoms in total. The van der Waals surface area contributed by atoms with Gasteiger partial charge in [-0.15, -0.1) is 0 Å². The van der Waals surface area contributed by atoms with Gasteiger partial charge < -0.3 is 16.4 Å². The average molecular weight is 263 g/mol. The van der Waals surface area contributed by atoms with E-state index in [0.29, 0.717) is 6.54 Å². The first kappa shape index (κ1) is 15.5. The van der Waals surface area contributed by atoms with Gasteiger partial charge in [-0.3, -0.25) is 4.79 Å². The topological polar surface area (TPSA) is 67.1 Å². The van der Waals surface area contributed by atoms with Gasteiger partial charge in [0.25, 0.3) is 0 Å². The molecule has 2 rings (SSSR count). The van der Waals surface area contributed by atoms with Crippen LogP contribution in [0.4, 0.5) is 5.69 Å². The molecule has 0 atom stereocenters. The van der Waals surface area contributed by atoms with Crippen molar-refractivity contribution in [2.75, 3.05) is 18.8 Å². The van der Waals surface area contributed by atoms with Gasteiger partial charge in [-0.25, -0.2) is 0 Å². The first-order valence-corrected chi connectivity index (χ1v) is 7.08. The maximum Gasteiger partial charge on any atom is 0.223 e. The average Bonchev–Trinajstić information content (AvgIpc) is 2.49. The summed E-state index contributed by atoms with van der Waals surface area (Å²) in [5.41, 5.74) is 7.44. The Morgan fingerprint density at radius 3 is 2.42 bits per heavy atom. The van der Waals surface area contributed by atoms with E-state index in [1.807, 2.05) is 38.1 Å². The molecule has 1 amide bonds. The summed E-state index contributed by atoms with van der Waals surface area (Å²) in [7, 11) is 0. The van der Waals surface area contributed by atoms with Crippen LogP contribution in [0.2, 0.25) is 0 Å². The third-order valence-electron chi connectivity index (χ3n) is 3.16. The Balaban J connectivity index is 0.000000861. The molecule has 1 aliphatic rings. The number of carbonyl (C=O) groups excluding carboxylic acids is 1. The highest BCUT2D eigenvalue weighted by molar-refractivity contribution is 5.78. The summed E-state index contributed by atoms with van der Waals surface area (Å²) >= 11 is 0. The van der Waals surface area contributed by atoms with Crippen molar-refractivity contribution < 1.29 is 4.79 Å². The maximum absolute atomic E-state index is 11.9. The Morgan fingerprint density at radius 1 is 1.26 bits per heavy atom. The van der Waals surface area contributed by atoms with Gasteiger partial charge in [-0.05, 0) is 43.6 Å². The minimum Gasteiger partial charge on any atom is -0.399 e. The monoisotopic (exact) mass is 263 g/mol. The highest BCUT2D eigenvalue weighted by atomic mass is 16.1. The normalized spacial score (nSPS) is 15.3. The zero-order valence-electron chi connectivity index (χ0n) is 11.9. The molecular formula is C15H25N3O. The molecule has 0 saturated carbocycles. The molecule has 1 fully saturated rings. The van der Waals surface area contributed by atoms with Crippen molar-refractivity contribution in [3.63, 3.8) is 0 Å². The lowest BCUT2D eigenvalue weighted by Gasteiger charge is -2.21. The summed E-state index contributed by atoms with van der Waals surface area (Å²) < 4.78 is 0. The van der Waals surface area contributed by atoms with Gasteiger partial charge in [0, 0.05) is 18.2 Å². The summed E-state index contributed by atoms with van der Waals surface area (Å²) in [5.74, 6) is 0.341. The third kappa shape index (κ3) is 5.30. The Morgan fingerprint density at radius 2 is 1.84 bits per heavy atom. The number of hydrogen-bond acceptors (Lipinski definition) is 3. The Kier molecular flexibility index (Phi) is 6.97. The van der Waals surface area contributed by atoms with Crippen molar-refractivity contribution in [2.24, 2.45) is 5.92 Å². The molecule has 0 unspecified atom stereocenters. The van der Waals surface area contributed by atoms with Gasteiger partial charge >= 0.3 is 0 Å². The first-order chi connectivity index (χ1) is 9.25. The van der Waals surface area contributed by atoms with Crippen LogP contribution in [0.3, 0.4) is 0 Å². The van der Waals surface area contributed by atoms with Crippen molar-refractivity contribution in [1.29, 1.82) is 0 Å². The molecular weight excluding hydrogens is 238 g/mol. The molecule has 4 N–H and O–H groups in total. The molecule has 1 heterocycles. The molecule has 4 heteroatoms. The van der Waals surface area contributed by atoms with Crippen LogP contribution in [0.15, 0.2) is 24.3 Å². The molecule has 1 aromatic rings. The summed E-state index contributed by atoms with van der Waals surface area (Å²) in [6, 6.07) is 7.59. The molecule has 0 bridgehead atoms. The fraction of sp³-hybridized carbons (Fsp3) is 0.533. The molecule has 1 saturated heterocycles. The fourth-order valence-electron chi connectivity index (χ4n) is 2.05. The highest BCUT2D eigenvalue weighted by Gasteiger charge is 2.20. The van der Waals surface area contributed by atoms with Crippen LogP contribution in [0.5, 0.6) is 0 Å². The lowest BCUT2D eigenvalue weighted by atomic mass is 9.97. The zero-order valence-corrected chi connectivity index (χ0v) is 11.9. The van der Waals surface area contributed by atoms with Gasteiger partial charge in [-0.1, -0.05) is 26.0 Å². The van der Waals surface area contributed by atoms with E-state index in [9.17, 15) is 4.79 Å². The SMILES string of the molecule is CC.Nc1ccc(CNC(=O)C2CCNCC2)cc1. The van der Waals surface area contributed by atoms with Gasteiger partial charge in [0.1, 0.15) is 0 Å². The van der Waals surface area contributed by atoms with Crippen LogP contribution in [0.1, 0.15) is 32.3 Å². The van der Waals surface area contributed by atoms with Crippen LogP contribution in [-0.4, -0.2) is 19.0 Å². The van der Waals surface area contributed by atoms with Crippen molar-refractivity contribution in [2.45, 2.75) is 33.2 Å². The van der Waals surface area contributed by atoms with Gasteiger partial charge in [0.2, 0.25) is 5.91 Å². The predicted octanol–water partition coefficient (Wildman–Crippen LogP) is 1.91. The number of rotatable bonds is 3. The lowest BCUT2D eigenvalue weighted by Crippen LogP contribution is -2.37. The summed E-state index contributed by atoms with van der Waals surface area (Å²) in [6.07, 6.45) is 1.88. The van der Waals surface area contributed by atoms with E-state index < -0.39 is 0 Å². The van der Waals surface area contributed by atoms with Crippen molar-refractivity contribution in [3.8, 4) is 0 Å². The molecule has 0 aliphatic carbocycles. The largest absolute Gasteiger partial charge is 0.399 e. The van der Waals surface area contributed by atoms with Gasteiger partial charge in [0.05, 0.1) is 0 Å². The van der Waals surface area contributed by atoms with E-state index in [4.69, 9.17) is 5.73 Å². The highest BCUT2D eigenvalue weighted by Crippen LogP contribution is 2.12. The smallest absolute Gasteiger partial charge is 0.223 e. The zero-order chi connectivity index (χ0) is 14.1. The number of nitrogens with two attached hydrogens (primary N) is 1. The standard InChI is InChI=1S/C13H19N3O.C2H6/c14-12-3-1-10(2-4-12)9-16-13(17)11-5-7-15-8-6-11;1-2/h1-4,11,15H,5-9,14H2,(H,16,17);1-2H3. The van der Waals surface area contributed by atoms with E-state index in [1.54, 1.807) is 0 Å². The first-order valence-electron chi connectivity index (χ1n) is 7.08. The number of piperidine rings is 1. The van der Waals surface area contributed by atoms with Crippen LogP contribution in [0.25, 0.3) is 0 Å². The van der Waals surface area contributed by atoms with E-state index >= 15 is 0 Å². The minimum absolute atomic E-state index is 0.170. The number of benzene rings is 1. The second kappa shape index (κ2) is 8.53. The number of amides is 1. The molecule has 1 aliphatic heterocycles. The van der Waals surface area contributed by atoms with E-state index in [-0.39, 0.29) is 11.8 Å². The molecule has 0 aromatic heterocycles. The summed E-state index contributed by atoms with van der Waals surface area (Å²) in [6.45, 7) is 6.48. The second-order valence-electron chi connectivity index (χ2n) is 4.48. The number of carbonyl (C=O) groups is 1. The Bertz CT molecular complexity index is 369. The van der Waals surface area contributed by atoms with Crippen LogP contribution < -0.4 is 16.4 Å². The molecule has 1 aromatic carbocycles. The van der Waals surface area contributed by atoms with Crippen LogP contribution in [0, 0.1) is 5.92 Å². The van der Waals surface area contributed by atoms with Crippen molar-refractivity contribution in [1.82, 2.24) is 10.6 Å². The number of nitrogens with one attached hydrogen (secondary N) is 2. The summed E-state index contributed by atoms with van der Waals surface area (Å²) in [4.78, 5) is 11.9. The number of nitrogen functional groups attached to an aromatic ring is 1. The summed E-state index contributed by atoms with van der Waals surface area (Å²) in [5, 5.41) is 6.24. The molecule has 19 heavy (non-hydrogen) atoms. The van der Waals surface area contributed by atoms with Crippen molar-refractivity contribution in [3.05, 3.63) is 29.8 Å². The number of anilines is 1. The van der Waals surface area contributed by atoms with Crippen LogP contribution in [-0.2, 0) is 11.3 Å². The fourth-order valence-corrected chi connectivity index (χ4v) is 2.05. The number of hydrogen-bond donors (Lipinski definition) is 3. The molecule has 0 spiro atoms. The van der Waals surface area contributed by atoms with Crippen LogP contribution >= 0.6 is 0 Å². The second-order valence-corrected chi connectivity index (χ2v) is 4.48.